The Morgan fingerprint density at radius 1 is 1.44 bits per heavy atom. The van der Waals surface area contributed by atoms with Gasteiger partial charge < -0.3 is 4.90 Å². The third-order valence-corrected chi connectivity index (χ3v) is 2.29. The van der Waals surface area contributed by atoms with Crippen molar-refractivity contribution in [2.75, 3.05) is 14.1 Å². The predicted molar refractivity (Wildman–Crippen MR) is 68.6 cm³/mol. The zero-order valence-electron chi connectivity index (χ0n) is 10.3. The normalized spacial score (nSPS) is 11.1. The lowest BCUT2D eigenvalue weighted by Gasteiger charge is -2.04. The molecule has 0 bridgehead atoms. The van der Waals surface area contributed by atoms with Crippen LogP contribution in [-0.4, -0.2) is 33.8 Å². The molecule has 0 amide bonds. The Hall–Kier alpha value is -2.61. The van der Waals surface area contributed by atoms with Gasteiger partial charge in [-0.2, -0.15) is 10.4 Å². The fourth-order valence-electron chi connectivity index (χ4n) is 1.50. The Balaban J connectivity index is 2.34. The number of pyridine rings is 1. The van der Waals surface area contributed by atoms with Crippen molar-refractivity contribution in [3.63, 3.8) is 0 Å². The quantitative estimate of drug-likeness (QED) is 0.765. The van der Waals surface area contributed by atoms with Crippen LogP contribution >= 0.6 is 0 Å². The molecule has 5 heteroatoms. The molecule has 0 aliphatic heterocycles. The zero-order chi connectivity index (χ0) is 13.0. The summed E-state index contributed by atoms with van der Waals surface area (Å²) >= 11 is 0. The minimum Gasteiger partial charge on any atom is -0.382 e. The van der Waals surface area contributed by atoms with Crippen LogP contribution in [-0.2, 0) is 0 Å². The molecular formula is C13H13N5. The highest BCUT2D eigenvalue weighted by molar-refractivity contribution is 5.75. The van der Waals surface area contributed by atoms with Crippen molar-refractivity contribution in [2.24, 2.45) is 0 Å². The Bertz CT molecular complexity index is 589. The maximum Gasteiger partial charge on any atom is 0.153 e. The standard InChI is InChI=1S/C13H13N5/c1-17(2)9-11(7-14)12-8-16-18(10-12)13-5-3-4-6-15-13/h3-6,8-10H,1-2H3. The molecule has 0 N–H and O–H groups in total. The fraction of sp³-hybridized carbons (Fsp3) is 0.154. The maximum atomic E-state index is 9.11. The second-order valence-electron chi connectivity index (χ2n) is 3.98. The molecule has 0 aliphatic carbocycles. The molecule has 0 aromatic carbocycles. The predicted octanol–water partition coefficient (Wildman–Crippen LogP) is 1.69. The van der Waals surface area contributed by atoms with E-state index in [-0.39, 0.29) is 0 Å². The van der Waals surface area contributed by atoms with Crippen LogP contribution in [0.25, 0.3) is 11.4 Å². The van der Waals surface area contributed by atoms with Gasteiger partial charge in [-0.15, -0.1) is 0 Å². The van der Waals surface area contributed by atoms with Gasteiger partial charge in [-0.3, -0.25) is 0 Å². The number of nitrogens with zero attached hydrogens (tertiary/aromatic N) is 5. The van der Waals surface area contributed by atoms with Crippen LogP contribution in [0.1, 0.15) is 5.56 Å². The second kappa shape index (κ2) is 5.15. The van der Waals surface area contributed by atoms with E-state index in [2.05, 4.69) is 16.2 Å². The summed E-state index contributed by atoms with van der Waals surface area (Å²) in [5, 5.41) is 13.3. The van der Waals surface area contributed by atoms with Gasteiger partial charge in [-0.1, -0.05) is 6.07 Å². The Labute approximate surface area is 106 Å². The van der Waals surface area contributed by atoms with Crippen LogP contribution in [0.15, 0.2) is 43.0 Å². The van der Waals surface area contributed by atoms with Gasteiger partial charge in [0, 0.05) is 38.3 Å². The first-order chi connectivity index (χ1) is 8.70. The van der Waals surface area contributed by atoms with Gasteiger partial charge in [0.15, 0.2) is 5.82 Å². The van der Waals surface area contributed by atoms with E-state index in [1.165, 1.54) is 0 Å². The van der Waals surface area contributed by atoms with Gasteiger partial charge in [0.2, 0.25) is 0 Å². The molecule has 18 heavy (non-hydrogen) atoms. The first-order valence-electron chi connectivity index (χ1n) is 5.45. The van der Waals surface area contributed by atoms with Crippen molar-refractivity contribution in [1.29, 1.82) is 5.26 Å². The molecule has 2 rings (SSSR count). The Morgan fingerprint density at radius 3 is 2.89 bits per heavy atom. The van der Waals surface area contributed by atoms with Crippen molar-refractivity contribution >= 4 is 5.57 Å². The van der Waals surface area contributed by atoms with Gasteiger partial charge >= 0.3 is 0 Å². The van der Waals surface area contributed by atoms with Crippen molar-refractivity contribution < 1.29 is 0 Å². The van der Waals surface area contributed by atoms with Gasteiger partial charge in [0.1, 0.15) is 6.07 Å². The van der Waals surface area contributed by atoms with E-state index in [9.17, 15) is 0 Å². The number of hydrogen-bond donors (Lipinski definition) is 0. The summed E-state index contributed by atoms with van der Waals surface area (Å²) in [6, 6.07) is 7.76. The third kappa shape index (κ3) is 2.55. The molecule has 0 spiro atoms. The van der Waals surface area contributed by atoms with Gasteiger partial charge in [-0.05, 0) is 12.1 Å². The van der Waals surface area contributed by atoms with Crippen LogP contribution < -0.4 is 0 Å². The van der Waals surface area contributed by atoms with Crippen molar-refractivity contribution in [3.05, 3.63) is 48.6 Å². The lowest BCUT2D eigenvalue weighted by atomic mass is 10.2. The molecule has 0 saturated carbocycles. The van der Waals surface area contributed by atoms with E-state index in [4.69, 9.17) is 5.26 Å². The SMILES string of the molecule is CN(C)C=C(C#N)c1cnn(-c2ccccn2)c1. The largest absolute Gasteiger partial charge is 0.382 e. The minimum atomic E-state index is 0.571. The second-order valence-corrected chi connectivity index (χ2v) is 3.98. The average Bonchev–Trinajstić information content (AvgIpc) is 2.86. The summed E-state index contributed by atoms with van der Waals surface area (Å²) in [7, 11) is 3.75. The molecule has 0 aliphatic rings. The molecule has 0 atom stereocenters. The van der Waals surface area contributed by atoms with Crippen molar-refractivity contribution in [2.45, 2.75) is 0 Å². The van der Waals surface area contributed by atoms with E-state index < -0.39 is 0 Å². The Kier molecular flexibility index (Phi) is 3.39. The summed E-state index contributed by atoms with van der Waals surface area (Å²) in [6.07, 6.45) is 6.92. The lowest BCUT2D eigenvalue weighted by Crippen LogP contribution is -2.02. The number of allylic oxidation sites excluding steroid dienone is 1. The molecule has 0 unspecified atom stereocenters. The first-order valence-corrected chi connectivity index (χ1v) is 5.45. The summed E-state index contributed by atoms with van der Waals surface area (Å²) < 4.78 is 1.65. The molecule has 0 radical (unpaired) electrons. The third-order valence-electron chi connectivity index (χ3n) is 2.29. The number of hydrogen-bond acceptors (Lipinski definition) is 4. The topological polar surface area (TPSA) is 57.7 Å². The van der Waals surface area contributed by atoms with E-state index in [1.54, 1.807) is 29.5 Å². The lowest BCUT2D eigenvalue weighted by molar-refractivity contribution is 0.566. The van der Waals surface area contributed by atoms with E-state index >= 15 is 0 Å². The first kappa shape index (κ1) is 11.9. The van der Waals surface area contributed by atoms with E-state index in [1.807, 2.05) is 37.2 Å². The molecule has 2 aromatic rings. The molecule has 2 heterocycles. The van der Waals surface area contributed by atoms with E-state index in [0.29, 0.717) is 5.57 Å². The van der Waals surface area contributed by atoms with Gasteiger partial charge in [0.25, 0.3) is 0 Å². The van der Waals surface area contributed by atoms with Crippen LogP contribution in [0.2, 0.25) is 0 Å². The Morgan fingerprint density at radius 2 is 2.28 bits per heavy atom. The monoisotopic (exact) mass is 239 g/mol. The average molecular weight is 239 g/mol. The summed E-state index contributed by atoms with van der Waals surface area (Å²) in [5.74, 6) is 0.728. The maximum absolute atomic E-state index is 9.11. The van der Waals surface area contributed by atoms with E-state index in [0.717, 1.165) is 11.4 Å². The van der Waals surface area contributed by atoms with Gasteiger partial charge in [0.05, 0.1) is 11.8 Å². The van der Waals surface area contributed by atoms with Crippen LogP contribution in [0.3, 0.4) is 0 Å². The van der Waals surface area contributed by atoms with Crippen LogP contribution in [0, 0.1) is 11.3 Å². The highest BCUT2D eigenvalue weighted by Gasteiger charge is 2.06. The zero-order valence-corrected chi connectivity index (χ0v) is 10.3. The summed E-state index contributed by atoms with van der Waals surface area (Å²) in [4.78, 5) is 6.03. The van der Waals surface area contributed by atoms with Crippen molar-refractivity contribution in [3.8, 4) is 11.9 Å². The van der Waals surface area contributed by atoms with Gasteiger partial charge in [-0.25, -0.2) is 9.67 Å². The molecule has 0 saturated heterocycles. The fourth-order valence-corrected chi connectivity index (χ4v) is 1.50. The van der Waals surface area contributed by atoms with Crippen LogP contribution in [0.5, 0.6) is 0 Å². The minimum absolute atomic E-state index is 0.571. The summed E-state index contributed by atoms with van der Waals surface area (Å²) in [5.41, 5.74) is 1.35. The summed E-state index contributed by atoms with van der Waals surface area (Å²) in [6.45, 7) is 0. The molecule has 2 aromatic heterocycles. The number of nitriles is 1. The highest BCUT2D eigenvalue weighted by atomic mass is 15.3. The highest BCUT2D eigenvalue weighted by Crippen LogP contribution is 2.14. The van der Waals surface area contributed by atoms with Crippen molar-refractivity contribution in [1.82, 2.24) is 19.7 Å². The number of aromatic nitrogens is 3. The van der Waals surface area contributed by atoms with Crippen LogP contribution in [0.4, 0.5) is 0 Å². The molecule has 5 nitrogen and oxygen atoms in total. The smallest absolute Gasteiger partial charge is 0.153 e. The number of rotatable bonds is 3. The molecule has 90 valence electrons. The molecule has 0 fully saturated rings. The molecular weight excluding hydrogens is 226 g/mol.